The first kappa shape index (κ1) is 17.0. The fourth-order valence-electron chi connectivity index (χ4n) is 2.72. The number of carbonyl (C=O) groups is 1. The molecule has 3 rings (SSSR count). The lowest BCUT2D eigenvalue weighted by atomic mass is 10.1. The number of rotatable bonds is 3. The third-order valence-corrected chi connectivity index (χ3v) is 6.22. The molecule has 1 aliphatic heterocycles. The van der Waals surface area contributed by atoms with Crippen LogP contribution in [0.25, 0.3) is 11.0 Å². The van der Waals surface area contributed by atoms with E-state index >= 15 is 0 Å². The Morgan fingerprint density at radius 1 is 1.38 bits per heavy atom. The van der Waals surface area contributed by atoms with Crippen molar-refractivity contribution in [2.75, 3.05) is 11.5 Å². The normalized spacial score (nSPS) is 19.5. The molecule has 6 nitrogen and oxygen atoms in total. The van der Waals surface area contributed by atoms with E-state index in [1.807, 2.05) is 0 Å². The molecule has 0 unspecified atom stereocenters. The molecule has 8 heteroatoms. The van der Waals surface area contributed by atoms with Crippen LogP contribution in [0.15, 0.2) is 27.4 Å². The molecular weight excluding hydrogens is 356 g/mol. The van der Waals surface area contributed by atoms with Crippen LogP contribution in [0, 0.1) is 12.8 Å². The summed E-state index contributed by atoms with van der Waals surface area (Å²) in [7, 11) is -3.16. The molecule has 1 aromatic heterocycles. The molecule has 24 heavy (non-hydrogen) atoms. The fraction of sp³-hybridized carbons (Fsp3) is 0.375. The van der Waals surface area contributed by atoms with E-state index in [9.17, 15) is 18.0 Å². The first-order chi connectivity index (χ1) is 11.2. The zero-order valence-electron chi connectivity index (χ0n) is 12.9. The van der Waals surface area contributed by atoms with Crippen LogP contribution in [0.4, 0.5) is 0 Å². The first-order valence-electron chi connectivity index (χ1n) is 7.35. The molecule has 1 saturated heterocycles. The van der Waals surface area contributed by atoms with Crippen molar-refractivity contribution >= 4 is 38.4 Å². The number of hydrogen-bond acceptors (Lipinski definition) is 6. The molecule has 1 atom stereocenters. The van der Waals surface area contributed by atoms with Crippen LogP contribution in [-0.2, 0) is 26.0 Å². The van der Waals surface area contributed by atoms with Gasteiger partial charge >= 0.3 is 11.6 Å². The topological polar surface area (TPSA) is 90.7 Å². The molecule has 128 valence electrons. The Kier molecular flexibility index (Phi) is 4.40. The maximum absolute atomic E-state index is 12.0. The summed E-state index contributed by atoms with van der Waals surface area (Å²) in [5.41, 5.74) is 1.03. The highest BCUT2D eigenvalue weighted by Crippen LogP contribution is 2.26. The van der Waals surface area contributed by atoms with Gasteiger partial charge in [0, 0.05) is 22.0 Å². The predicted molar refractivity (Wildman–Crippen MR) is 88.8 cm³/mol. The lowest BCUT2D eigenvalue weighted by Crippen LogP contribution is -2.19. The highest BCUT2D eigenvalue weighted by Gasteiger charge is 2.34. The van der Waals surface area contributed by atoms with Gasteiger partial charge in [0.2, 0.25) is 0 Å². The monoisotopic (exact) mass is 370 g/mol. The van der Waals surface area contributed by atoms with Crippen molar-refractivity contribution in [3.05, 3.63) is 44.8 Å². The van der Waals surface area contributed by atoms with Gasteiger partial charge in [0.1, 0.15) is 12.2 Å². The maximum atomic E-state index is 12.0. The van der Waals surface area contributed by atoms with E-state index in [-0.39, 0.29) is 24.5 Å². The van der Waals surface area contributed by atoms with Crippen LogP contribution in [0.5, 0.6) is 0 Å². The zero-order chi connectivity index (χ0) is 17.5. The van der Waals surface area contributed by atoms with Gasteiger partial charge in [-0.25, -0.2) is 13.2 Å². The van der Waals surface area contributed by atoms with Gasteiger partial charge in [-0.1, -0.05) is 11.6 Å². The van der Waals surface area contributed by atoms with Gasteiger partial charge in [0.05, 0.1) is 17.4 Å². The van der Waals surface area contributed by atoms with E-state index in [0.717, 1.165) is 5.56 Å². The summed E-state index contributed by atoms with van der Waals surface area (Å²) in [5.74, 6) is -1.41. The number of esters is 1. The number of fused-ring (bicyclic) bond motifs is 1. The minimum absolute atomic E-state index is 0.000489. The van der Waals surface area contributed by atoms with Crippen LogP contribution in [0.1, 0.15) is 17.5 Å². The average molecular weight is 371 g/mol. The lowest BCUT2D eigenvalue weighted by molar-refractivity contribution is -0.148. The van der Waals surface area contributed by atoms with Crippen molar-refractivity contribution in [1.29, 1.82) is 0 Å². The molecule has 1 aromatic carbocycles. The van der Waals surface area contributed by atoms with Gasteiger partial charge in [-0.05, 0) is 31.0 Å². The number of benzene rings is 1. The number of sulfone groups is 1. The van der Waals surface area contributed by atoms with Crippen molar-refractivity contribution in [3.63, 3.8) is 0 Å². The molecule has 2 aromatic rings. The van der Waals surface area contributed by atoms with Crippen molar-refractivity contribution in [2.24, 2.45) is 5.92 Å². The minimum atomic E-state index is -3.16. The Hall–Kier alpha value is -1.86. The van der Waals surface area contributed by atoms with Crippen LogP contribution >= 0.6 is 11.6 Å². The summed E-state index contributed by atoms with van der Waals surface area (Å²) in [4.78, 5) is 23.7. The van der Waals surface area contributed by atoms with Crippen LogP contribution in [-0.4, -0.2) is 25.9 Å². The Bertz CT molecular complexity index is 976. The third kappa shape index (κ3) is 3.47. The van der Waals surface area contributed by atoms with Crippen molar-refractivity contribution < 1.29 is 22.4 Å². The molecule has 0 amide bonds. The zero-order valence-corrected chi connectivity index (χ0v) is 14.4. The number of carbonyl (C=O) groups excluding carboxylic acids is 1. The maximum Gasteiger partial charge on any atom is 0.336 e. The van der Waals surface area contributed by atoms with E-state index in [2.05, 4.69) is 0 Å². The molecule has 1 aliphatic rings. The van der Waals surface area contributed by atoms with E-state index < -0.39 is 27.4 Å². The van der Waals surface area contributed by atoms with Crippen LogP contribution in [0.3, 0.4) is 0 Å². The summed E-state index contributed by atoms with van der Waals surface area (Å²) >= 11 is 6.10. The quantitative estimate of drug-likeness (QED) is 0.607. The van der Waals surface area contributed by atoms with E-state index in [1.165, 1.54) is 6.07 Å². The van der Waals surface area contributed by atoms with Crippen LogP contribution in [0.2, 0.25) is 5.02 Å². The summed E-state index contributed by atoms with van der Waals surface area (Å²) in [6.45, 7) is 1.64. The summed E-state index contributed by atoms with van der Waals surface area (Å²) in [5, 5.41) is 1.09. The molecule has 0 aliphatic carbocycles. The van der Waals surface area contributed by atoms with Gasteiger partial charge in [0.15, 0.2) is 9.84 Å². The van der Waals surface area contributed by atoms with Gasteiger partial charge in [-0.15, -0.1) is 0 Å². The third-order valence-electron chi connectivity index (χ3n) is 4.05. The molecule has 0 bridgehead atoms. The minimum Gasteiger partial charge on any atom is -0.461 e. The van der Waals surface area contributed by atoms with Gasteiger partial charge in [0.25, 0.3) is 0 Å². The molecule has 2 heterocycles. The molecular formula is C16H15ClO6S. The van der Waals surface area contributed by atoms with Crippen molar-refractivity contribution in [1.82, 2.24) is 0 Å². The van der Waals surface area contributed by atoms with E-state index in [0.29, 0.717) is 21.6 Å². The number of halogens is 1. The highest BCUT2D eigenvalue weighted by molar-refractivity contribution is 7.91. The SMILES string of the molecule is Cc1cc2oc(=O)cc(COC(=O)[C@H]3CCS(=O)(=O)C3)c2cc1Cl. The highest BCUT2D eigenvalue weighted by atomic mass is 35.5. The smallest absolute Gasteiger partial charge is 0.336 e. The molecule has 0 saturated carbocycles. The number of hydrogen-bond donors (Lipinski definition) is 0. The molecule has 0 N–H and O–H groups in total. The summed E-state index contributed by atoms with van der Waals surface area (Å²) < 4.78 is 33.2. The van der Waals surface area contributed by atoms with Gasteiger partial charge in [-0.2, -0.15) is 0 Å². The second-order valence-electron chi connectivity index (χ2n) is 5.90. The molecule has 0 radical (unpaired) electrons. The van der Waals surface area contributed by atoms with Gasteiger partial charge < -0.3 is 9.15 Å². The number of aryl methyl sites for hydroxylation is 1. The summed E-state index contributed by atoms with van der Waals surface area (Å²) in [6, 6.07) is 4.54. The van der Waals surface area contributed by atoms with E-state index in [4.69, 9.17) is 20.8 Å². The Labute approximate surface area is 143 Å². The average Bonchev–Trinajstić information content (AvgIpc) is 2.86. The van der Waals surface area contributed by atoms with E-state index in [1.54, 1.807) is 19.1 Å². The second-order valence-corrected chi connectivity index (χ2v) is 8.53. The second kappa shape index (κ2) is 6.22. The molecule has 0 spiro atoms. The Balaban J connectivity index is 1.84. The standard InChI is InChI=1S/C16H15ClO6S/c1-9-4-14-12(6-13(9)17)11(5-15(18)23-14)7-22-16(19)10-2-3-24(20,21)8-10/h4-6,10H,2-3,7-8H2,1H3/t10-/m0/s1. The van der Waals surface area contributed by atoms with Crippen molar-refractivity contribution in [3.8, 4) is 0 Å². The lowest BCUT2D eigenvalue weighted by Gasteiger charge is -2.11. The van der Waals surface area contributed by atoms with Crippen LogP contribution < -0.4 is 5.63 Å². The largest absolute Gasteiger partial charge is 0.461 e. The number of ether oxygens (including phenoxy) is 1. The Morgan fingerprint density at radius 2 is 2.12 bits per heavy atom. The molecule has 1 fully saturated rings. The Morgan fingerprint density at radius 3 is 2.79 bits per heavy atom. The fourth-order valence-corrected chi connectivity index (χ4v) is 4.61. The first-order valence-corrected chi connectivity index (χ1v) is 9.55. The van der Waals surface area contributed by atoms with Crippen molar-refractivity contribution in [2.45, 2.75) is 20.0 Å². The summed E-state index contributed by atoms with van der Waals surface area (Å²) in [6.07, 6.45) is 0.268. The predicted octanol–water partition coefficient (Wildman–Crippen LogP) is 2.23. The van der Waals surface area contributed by atoms with Gasteiger partial charge in [-0.3, -0.25) is 4.79 Å².